The fourth-order valence-corrected chi connectivity index (χ4v) is 4.06. The normalized spacial score (nSPS) is 24.8. The van der Waals surface area contributed by atoms with E-state index in [1.165, 1.54) is 12.1 Å². The van der Waals surface area contributed by atoms with E-state index in [0.717, 1.165) is 30.5 Å². The molecule has 0 spiro atoms. The molecule has 1 aromatic rings. The Morgan fingerprint density at radius 1 is 1.22 bits per heavy atom. The zero-order valence-corrected chi connectivity index (χ0v) is 13.6. The van der Waals surface area contributed by atoms with Crippen molar-refractivity contribution in [1.29, 1.82) is 0 Å². The summed E-state index contributed by atoms with van der Waals surface area (Å²) in [4.78, 5) is 16.0. The number of anilines is 1. The zero-order valence-electron chi connectivity index (χ0n) is 12.8. The predicted molar refractivity (Wildman–Crippen MR) is 88.6 cm³/mol. The highest BCUT2D eigenvalue weighted by molar-refractivity contribution is 8.00. The number of halogens is 2. The third-order valence-electron chi connectivity index (χ3n) is 4.57. The summed E-state index contributed by atoms with van der Waals surface area (Å²) in [5.41, 5.74) is 4.84. The first-order chi connectivity index (χ1) is 11.1. The van der Waals surface area contributed by atoms with E-state index < -0.39 is 11.4 Å². The van der Waals surface area contributed by atoms with Crippen LogP contribution in [0.1, 0.15) is 0 Å². The van der Waals surface area contributed by atoms with Crippen LogP contribution in [-0.2, 0) is 4.79 Å². The Morgan fingerprint density at radius 3 is 2.39 bits per heavy atom. The van der Waals surface area contributed by atoms with Gasteiger partial charge in [-0.2, -0.15) is 0 Å². The van der Waals surface area contributed by atoms with Crippen molar-refractivity contribution < 1.29 is 13.6 Å². The summed E-state index contributed by atoms with van der Waals surface area (Å²) < 4.78 is 26.9. The second kappa shape index (κ2) is 7.05. The highest BCUT2D eigenvalue weighted by Gasteiger charge is 2.43. The standard InChI is InChI=1S/C16H21F2N3OS/c17-13-1-3-14(4-2-13)20-7-11-9-21(10-12(11)8-20)16(22)15(18)23-6-5-19/h1-4,11-12,15H,5-10,19H2/t11-,12+,15?. The van der Waals surface area contributed by atoms with Gasteiger partial charge in [-0.1, -0.05) is 0 Å². The lowest BCUT2D eigenvalue weighted by Crippen LogP contribution is -2.37. The summed E-state index contributed by atoms with van der Waals surface area (Å²) in [6, 6.07) is 6.48. The first kappa shape index (κ1) is 16.5. The van der Waals surface area contributed by atoms with Gasteiger partial charge in [0.15, 0.2) is 0 Å². The second-order valence-electron chi connectivity index (χ2n) is 6.12. The minimum absolute atomic E-state index is 0.242. The number of amides is 1. The molecule has 1 aromatic carbocycles. The van der Waals surface area contributed by atoms with E-state index in [1.54, 1.807) is 17.0 Å². The molecule has 3 atom stereocenters. The maximum atomic E-state index is 13.9. The number of hydrogen-bond acceptors (Lipinski definition) is 4. The maximum Gasteiger partial charge on any atom is 0.267 e. The van der Waals surface area contributed by atoms with Gasteiger partial charge in [0.05, 0.1) is 0 Å². The molecule has 2 heterocycles. The Kier molecular flexibility index (Phi) is 5.06. The van der Waals surface area contributed by atoms with Crippen molar-refractivity contribution in [1.82, 2.24) is 4.90 Å². The number of nitrogens with zero attached hydrogens (tertiary/aromatic N) is 2. The average Bonchev–Trinajstić information content (AvgIpc) is 3.11. The molecule has 2 N–H and O–H groups in total. The Morgan fingerprint density at radius 2 is 1.83 bits per heavy atom. The minimum Gasteiger partial charge on any atom is -0.371 e. The molecule has 2 fully saturated rings. The van der Waals surface area contributed by atoms with Crippen molar-refractivity contribution in [2.24, 2.45) is 17.6 Å². The molecule has 23 heavy (non-hydrogen) atoms. The van der Waals surface area contributed by atoms with Crippen molar-refractivity contribution in [3.63, 3.8) is 0 Å². The van der Waals surface area contributed by atoms with Crippen molar-refractivity contribution in [3.8, 4) is 0 Å². The van der Waals surface area contributed by atoms with Crippen LogP contribution < -0.4 is 10.6 Å². The quantitative estimate of drug-likeness (QED) is 0.886. The number of benzene rings is 1. The van der Waals surface area contributed by atoms with Crippen LogP contribution in [0.15, 0.2) is 24.3 Å². The Labute approximate surface area is 139 Å². The molecule has 2 aliphatic rings. The lowest BCUT2D eigenvalue weighted by atomic mass is 10.0. The lowest BCUT2D eigenvalue weighted by Gasteiger charge is -2.24. The summed E-state index contributed by atoms with van der Waals surface area (Å²) in [5, 5.41) is 0. The van der Waals surface area contributed by atoms with Crippen molar-refractivity contribution >= 4 is 23.4 Å². The molecule has 4 nitrogen and oxygen atoms in total. The van der Waals surface area contributed by atoms with Crippen LogP contribution in [0.2, 0.25) is 0 Å². The van der Waals surface area contributed by atoms with Gasteiger partial charge in [0, 0.05) is 56.0 Å². The summed E-state index contributed by atoms with van der Waals surface area (Å²) in [7, 11) is 0. The van der Waals surface area contributed by atoms with Gasteiger partial charge in [0.2, 0.25) is 5.50 Å². The molecular weight excluding hydrogens is 320 g/mol. The van der Waals surface area contributed by atoms with Gasteiger partial charge >= 0.3 is 0 Å². The number of carbonyl (C=O) groups is 1. The highest BCUT2D eigenvalue weighted by atomic mass is 32.2. The van der Waals surface area contributed by atoms with Crippen molar-refractivity contribution in [2.45, 2.75) is 5.50 Å². The van der Waals surface area contributed by atoms with Crippen LogP contribution in [0.25, 0.3) is 0 Å². The number of thioether (sulfide) groups is 1. The van der Waals surface area contributed by atoms with Crippen LogP contribution in [0.3, 0.4) is 0 Å². The van der Waals surface area contributed by atoms with E-state index in [9.17, 15) is 13.6 Å². The van der Waals surface area contributed by atoms with Gasteiger partial charge in [0.25, 0.3) is 5.91 Å². The van der Waals surface area contributed by atoms with Gasteiger partial charge in [-0.3, -0.25) is 4.79 Å². The molecule has 2 saturated heterocycles. The zero-order chi connectivity index (χ0) is 16.4. The van der Waals surface area contributed by atoms with E-state index >= 15 is 0 Å². The second-order valence-corrected chi connectivity index (χ2v) is 7.28. The van der Waals surface area contributed by atoms with Gasteiger partial charge < -0.3 is 15.5 Å². The third-order valence-corrected chi connectivity index (χ3v) is 5.53. The number of alkyl halides is 1. The van der Waals surface area contributed by atoms with Gasteiger partial charge in [-0.25, -0.2) is 8.78 Å². The largest absolute Gasteiger partial charge is 0.371 e. The summed E-state index contributed by atoms with van der Waals surface area (Å²) in [5.74, 6) is 0.498. The molecule has 0 aromatic heterocycles. The smallest absolute Gasteiger partial charge is 0.267 e. The molecule has 3 rings (SSSR count). The number of likely N-dealkylation sites (tertiary alicyclic amines) is 1. The molecule has 7 heteroatoms. The van der Waals surface area contributed by atoms with E-state index in [-0.39, 0.29) is 5.82 Å². The SMILES string of the molecule is NCCSC(F)C(=O)N1C[C@@H]2CN(c3ccc(F)cc3)C[C@@H]2C1. The number of fused-ring (bicyclic) bond motifs is 1. The monoisotopic (exact) mass is 341 g/mol. The summed E-state index contributed by atoms with van der Waals surface area (Å²) in [6.07, 6.45) is 0. The maximum absolute atomic E-state index is 13.9. The number of nitrogens with two attached hydrogens (primary N) is 1. The fourth-order valence-electron chi connectivity index (χ4n) is 3.42. The molecule has 0 saturated carbocycles. The van der Waals surface area contributed by atoms with Crippen LogP contribution in [-0.4, -0.2) is 54.8 Å². The predicted octanol–water partition coefficient (Wildman–Crippen LogP) is 1.71. The van der Waals surface area contributed by atoms with Crippen LogP contribution in [0.4, 0.5) is 14.5 Å². The van der Waals surface area contributed by atoms with E-state index in [2.05, 4.69) is 4.90 Å². The Balaban J connectivity index is 1.55. The topological polar surface area (TPSA) is 49.6 Å². The van der Waals surface area contributed by atoms with Gasteiger partial charge in [-0.15, -0.1) is 11.8 Å². The number of hydrogen-bond donors (Lipinski definition) is 1. The molecule has 126 valence electrons. The molecule has 0 aliphatic carbocycles. The fraction of sp³-hybridized carbons (Fsp3) is 0.562. The van der Waals surface area contributed by atoms with Crippen LogP contribution in [0.5, 0.6) is 0 Å². The first-order valence-corrected chi connectivity index (χ1v) is 8.88. The van der Waals surface area contributed by atoms with E-state index in [4.69, 9.17) is 5.73 Å². The van der Waals surface area contributed by atoms with Gasteiger partial charge in [-0.05, 0) is 24.3 Å². The van der Waals surface area contributed by atoms with Gasteiger partial charge in [0.1, 0.15) is 5.82 Å². The summed E-state index contributed by atoms with van der Waals surface area (Å²) >= 11 is 0.969. The van der Waals surface area contributed by atoms with Crippen LogP contribution >= 0.6 is 11.8 Å². The molecule has 2 aliphatic heterocycles. The highest BCUT2D eigenvalue weighted by Crippen LogP contribution is 2.34. The first-order valence-electron chi connectivity index (χ1n) is 7.83. The minimum atomic E-state index is -1.51. The van der Waals surface area contributed by atoms with Crippen molar-refractivity contribution in [3.05, 3.63) is 30.1 Å². The lowest BCUT2D eigenvalue weighted by molar-refractivity contribution is -0.132. The van der Waals surface area contributed by atoms with E-state index in [0.29, 0.717) is 37.2 Å². The molecule has 0 radical (unpaired) electrons. The Hall–Kier alpha value is -1.34. The Bertz CT molecular complexity index is 543. The number of carbonyl (C=O) groups excluding carboxylic acids is 1. The van der Waals surface area contributed by atoms with Crippen molar-refractivity contribution in [2.75, 3.05) is 43.4 Å². The number of rotatable bonds is 5. The van der Waals surface area contributed by atoms with E-state index in [1.807, 2.05) is 0 Å². The molecular formula is C16H21F2N3OS. The molecule has 1 amide bonds. The average molecular weight is 341 g/mol. The molecule has 0 bridgehead atoms. The third kappa shape index (κ3) is 3.61. The molecule has 1 unspecified atom stereocenters. The summed E-state index contributed by atoms with van der Waals surface area (Å²) in [6.45, 7) is 3.23. The van der Waals surface area contributed by atoms with Crippen LogP contribution in [0, 0.1) is 17.7 Å².